The molecule has 0 radical (unpaired) electrons. The van der Waals surface area contributed by atoms with Crippen LogP contribution in [0.5, 0.6) is 0 Å². The van der Waals surface area contributed by atoms with Gasteiger partial charge in [0.1, 0.15) is 5.37 Å². The smallest absolute Gasteiger partial charge is 0.320 e. The van der Waals surface area contributed by atoms with Crippen LogP contribution in [0.4, 0.5) is 4.79 Å². The molecule has 6 heteroatoms. The van der Waals surface area contributed by atoms with Gasteiger partial charge in [0.25, 0.3) is 0 Å². The van der Waals surface area contributed by atoms with E-state index in [2.05, 4.69) is 0 Å². The predicted molar refractivity (Wildman–Crippen MR) is 77.5 cm³/mol. The third-order valence-electron chi connectivity index (χ3n) is 2.75. The van der Waals surface area contributed by atoms with Gasteiger partial charge in [0, 0.05) is 42.0 Å². The number of amides is 2. The van der Waals surface area contributed by atoms with Crippen LogP contribution < -0.4 is 0 Å². The second-order valence-electron chi connectivity index (χ2n) is 4.26. The lowest BCUT2D eigenvalue weighted by molar-refractivity contribution is 0.173. The number of carbonyl (C=O) groups is 1. The summed E-state index contributed by atoms with van der Waals surface area (Å²) in [6.45, 7) is 0.741. The van der Waals surface area contributed by atoms with E-state index in [1.54, 1.807) is 42.9 Å². The number of rotatable bonds is 1. The van der Waals surface area contributed by atoms with Crippen LogP contribution in [0, 0.1) is 0 Å². The summed E-state index contributed by atoms with van der Waals surface area (Å²) in [5, 5.41) is 1.19. The number of carbonyl (C=O) groups excluding carboxylic acids is 1. The van der Waals surface area contributed by atoms with Crippen molar-refractivity contribution in [3.63, 3.8) is 0 Å². The lowest BCUT2D eigenvalue weighted by Gasteiger charge is -2.27. The Kier molecular flexibility index (Phi) is 4.30. The zero-order valence-corrected chi connectivity index (χ0v) is 12.5. The molecule has 0 aliphatic carbocycles. The molecule has 1 fully saturated rings. The summed E-state index contributed by atoms with van der Waals surface area (Å²) in [5.74, 6) is 0.920. The molecule has 2 amide bonds. The van der Waals surface area contributed by atoms with E-state index in [4.69, 9.17) is 23.2 Å². The Morgan fingerprint density at radius 1 is 1.44 bits per heavy atom. The van der Waals surface area contributed by atoms with Gasteiger partial charge in [0.05, 0.1) is 0 Å². The first-order valence-corrected chi connectivity index (χ1v) is 7.35. The molecule has 0 spiro atoms. The average Bonchev–Trinajstić information content (AvgIpc) is 2.76. The first-order chi connectivity index (χ1) is 8.50. The molecule has 1 heterocycles. The minimum absolute atomic E-state index is 0.0102. The van der Waals surface area contributed by atoms with Crippen molar-refractivity contribution in [3.05, 3.63) is 33.8 Å². The lowest BCUT2D eigenvalue weighted by atomic mass is 10.2. The third kappa shape index (κ3) is 2.71. The van der Waals surface area contributed by atoms with Crippen LogP contribution in [0.25, 0.3) is 0 Å². The molecule has 1 aliphatic heterocycles. The van der Waals surface area contributed by atoms with Crippen molar-refractivity contribution < 1.29 is 4.79 Å². The number of benzene rings is 1. The molecule has 0 N–H and O–H groups in total. The van der Waals surface area contributed by atoms with Crippen LogP contribution in [0.2, 0.25) is 10.0 Å². The second-order valence-corrected chi connectivity index (χ2v) is 6.29. The fraction of sp³-hybridized carbons (Fsp3) is 0.417. The van der Waals surface area contributed by atoms with E-state index in [1.165, 1.54) is 0 Å². The molecule has 18 heavy (non-hydrogen) atoms. The van der Waals surface area contributed by atoms with E-state index in [9.17, 15) is 4.79 Å². The molecule has 0 saturated carbocycles. The van der Waals surface area contributed by atoms with Crippen LogP contribution >= 0.6 is 35.0 Å². The van der Waals surface area contributed by atoms with E-state index in [-0.39, 0.29) is 11.4 Å². The topological polar surface area (TPSA) is 23.6 Å². The zero-order valence-electron chi connectivity index (χ0n) is 10.2. The van der Waals surface area contributed by atoms with E-state index in [0.717, 1.165) is 17.9 Å². The minimum atomic E-state index is -0.0235. The largest absolute Gasteiger partial charge is 0.331 e. The summed E-state index contributed by atoms with van der Waals surface area (Å²) in [7, 11) is 3.51. The molecule has 98 valence electrons. The van der Waals surface area contributed by atoms with Crippen LogP contribution in [0.15, 0.2) is 18.2 Å². The number of thioether (sulfide) groups is 1. The van der Waals surface area contributed by atoms with Crippen molar-refractivity contribution in [1.29, 1.82) is 0 Å². The van der Waals surface area contributed by atoms with Gasteiger partial charge in [-0.2, -0.15) is 0 Å². The van der Waals surface area contributed by atoms with Crippen LogP contribution in [0.3, 0.4) is 0 Å². The second kappa shape index (κ2) is 5.59. The highest BCUT2D eigenvalue weighted by atomic mass is 35.5. The van der Waals surface area contributed by atoms with E-state index in [1.807, 2.05) is 11.0 Å². The van der Waals surface area contributed by atoms with Crippen molar-refractivity contribution in [3.8, 4) is 0 Å². The fourth-order valence-electron chi connectivity index (χ4n) is 1.88. The minimum Gasteiger partial charge on any atom is -0.331 e. The molecule has 1 saturated heterocycles. The van der Waals surface area contributed by atoms with Gasteiger partial charge in [0.15, 0.2) is 0 Å². The maximum absolute atomic E-state index is 12.1. The Morgan fingerprint density at radius 3 is 2.78 bits per heavy atom. The normalized spacial score (nSPS) is 19.1. The molecule has 2 rings (SSSR count). The molecule has 1 atom stereocenters. The average molecular weight is 305 g/mol. The molecular formula is C12H14Cl2N2OS. The number of urea groups is 1. The third-order valence-corrected chi connectivity index (χ3v) is 4.55. The molecule has 0 aromatic heterocycles. The SMILES string of the molecule is CN(C)C(=O)N1CCS[C@H]1c1ccc(Cl)cc1Cl. The van der Waals surface area contributed by atoms with Gasteiger partial charge in [-0.1, -0.05) is 29.3 Å². The Bertz CT molecular complexity index is 467. The summed E-state index contributed by atoms with van der Waals surface area (Å²) in [4.78, 5) is 15.5. The molecule has 0 bridgehead atoms. The van der Waals surface area contributed by atoms with Gasteiger partial charge in [-0.3, -0.25) is 0 Å². The van der Waals surface area contributed by atoms with Crippen molar-refractivity contribution in [2.45, 2.75) is 5.37 Å². The van der Waals surface area contributed by atoms with Crippen LogP contribution in [0.1, 0.15) is 10.9 Å². The molecule has 1 aliphatic rings. The number of halogens is 2. The van der Waals surface area contributed by atoms with Crippen molar-refractivity contribution >= 4 is 41.0 Å². The van der Waals surface area contributed by atoms with Gasteiger partial charge >= 0.3 is 6.03 Å². The summed E-state index contributed by atoms with van der Waals surface area (Å²) in [6, 6.07) is 5.43. The lowest BCUT2D eigenvalue weighted by Crippen LogP contribution is -2.38. The summed E-state index contributed by atoms with van der Waals surface area (Å²) < 4.78 is 0. The predicted octanol–water partition coefficient (Wildman–Crippen LogP) is 3.72. The van der Waals surface area contributed by atoms with Crippen molar-refractivity contribution in [2.24, 2.45) is 0 Å². The van der Waals surface area contributed by atoms with Crippen LogP contribution in [-0.4, -0.2) is 42.2 Å². The van der Waals surface area contributed by atoms with Crippen molar-refractivity contribution in [2.75, 3.05) is 26.4 Å². The van der Waals surface area contributed by atoms with E-state index in [0.29, 0.717) is 10.0 Å². The molecular weight excluding hydrogens is 291 g/mol. The quantitative estimate of drug-likeness (QED) is 0.789. The number of nitrogens with zero attached hydrogens (tertiary/aromatic N) is 2. The standard InChI is InChI=1S/C12H14Cl2N2OS/c1-15(2)12(17)16-5-6-18-11(16)9-4-3-8(13)7-10(9)14/h3-4,7,11H,5-6H2,1-2H3/t11-/m0/s1. The number of hydrogen-bond donors (Lipinski definition) is 0. The zero-order chi connectivity index (χ0) is 13.3. The van der Waals surface area contributed by atoms with Crippen molar-refractivity contribution in [1.82, 2.24) is 9.80 Å². The Morgan fingerprint density at radius 2 is 2.17 bits per heavy atom. The van der Waals surface area contributed by atoms with Gasteiger partial charge < -0.3 is 9.80 Å². The fourth-order valence-corrected chi connectivity index (χ4v) is 3.74. The van der Waals surface area contributed by atoms with Crippen LogP contribution in [-0.2, 0) is 0 Å². The molecule has 1 aromatic rings. The maximum Gasteiger partial charge on any atom is 0.320 e. The first kappa shape index (κ1) is 13.8. The molecule has 1 aromatic carbocycles. The van der Waals surface area contributed by atoms with Gasteiger partial charge in [-0.25, -0.2) is 4.79 Å². The summed E-state index contributed by atoms with van der Waals surface area (Å²) in [5.41, 5.74) is 0.943. The maximum atomic E-state index is 12.1. The molecule has 3 nitrogen and oxygen atoms in total. The highest BCUT2D eigenvalue weighted by Gasteiger charge is 2.32. The van der Waals surface area contributed by atoms with Gasteiger partial charge in [-0.05, 0) is 12.1 Å². The summed E-state index contributed by atoms with van der Waals surface area (Å²) >= 11 is 13.8. The van der Waals surface area contributed by atoms with E-state index < -0.39 is 0 Å². The Labute approximate surface area is 121 Å². The summed E-state index contributed by atoms with van der Waals surface area (Å²) in [6.07, 6.45) is 0. The highest BCUT2D eigenvalue weighted by molar-refractivity contribution is 7.99. The number of hydrogen-bond acceptors (Lipinski definition) is 2. The van der Waals surface area contributed by atoms with E-state index >= 15 is 0 Å². The monoisotopic (exact) mass is 304 g/mol. The Hall–Kier alpha value is -0.580. The van der Waals surface area contributed by atoms with Gasteiger partial charge in [0.2, 0.25) is 0 Å². The molecule has 0 unspecified atom stereocenters. The Balaban J connectivity index is 2.29. The van der Waals surface area contributed by atoms with Gasteiger partial charge in [-0.15, -0.1) is 11.8 Å². The first-order valence-electron chi connectivity index (χ1n) is 5.55. The highest BCUT2D eigenvalue weighted by Crippen LogP contribution is 2.41.